The van der Waals surface area contributed by atoms with E-state index in [0.717, 1.165) is 22.9 Å². The summed E-state index contributed by atoms with van der Waals surface area (Å²) in [5.41, 5.74) is 3.93. The third kappa shape index (κ3) is 4.32. The van der Waals surface area contributed by atoms with E-state index in [1.807, 2.05) is 30.3 Å². The normalized spacial score (nSPS) is 10.4. The molecule has 0 unspecified atom stereocenters. The summed E-state index contributed by atoms with van der Waals surface area (Å²) in [5, 5.41) is 2.01. The molecule has 0 aliphatic heterocycles. The van der Waals surface area contributed by atoms with Crippen molar-refractivity contribution >= 4 is 22.6 Å². The summed E-state index contributed by atoms with van der Waals surface area (Å²) in [4.78, 5) is 23.5. The molecule has 0 bridgehead atoms. The highest BCUT2D eigenvalue weighted by atomic mass is 19.1. The van der Waals surface area contributed by atoms with Crippen molar-refractivity contribution in [1.82, 2.24) is 10.9 Å². The minimum Gasteiger partial charge on any atom is -0.484 e. The minimum absolute atomic E-state index is 0.252. The van der Waals surface area contributed by atoms with E-state index in [0.29, 0.717) is 11.8 Å². The van der Waals surface area contributed by atoms with Crippen LogP contribution in [0.3, 0.4) is 0 Å². The molecular formula is C19H14F2N2O3. The van der Waals surface area contributed by atoms with Crippen molar-refractivity contribution in [2.75, 3.05) is 6.61 Å². The van der Waals surface area contributed by atoms with Gasteiger partial charge in [0, 0.05) is 11.6 Å². The molecule has 2 amide bonds. The maximum absolute atomic E-state index is 13.1. The van der Waals surface area contributed by atoms with Crippen LogP contribution in [-0.2, 0) is 4.79 Å². The molecule has 0 aliphatic carbocycles. The Bertz CT molecular complexity index is 956. The molecule has 7 heteroatoms. The summed E-state index contributed by atoms with van der Waals surface area (Å²) >= 11 is 0. The topological polar surface area (TPSA) is 67.4 Å². The van der Waals surface area contributed by atoms with E-state index in [4.69, 9.17) is 4.74 Å². The van der Waals surface area contributed by atoms with Gasteiger partial charge in [-0.15, -0.1) is 0 Å². The number of amides is 2. The second-order valence-electron chi connectivity index (χ2n) is 5.46. The SMILES string of the molecule is O=C(COc1ccc2ccccc2c1)NNC(=O)c1cc(F)cc(F)c1. The van der Waals surface area contributed by atoms with Gasteiger partial charge in [-0.05, 0) is 35.0 Å². The molecule has 0 atom stereocenters. The Morgan fingerprint density at radius 1 is 0.846 bits per heavy atom. The highest BCUT2D eigenvalue weighted by Crippen LogP contribution is 2.20. The molecule has 0 aliphatic rings. The van der Waals surface area contributed by atoms with Crippen LogP contribution in [0.2, 0.25) is 0 Å². The molecular weight excluding hydrogens is 342 g/mol. The van der Waals surface area contributed by atoms with Gasteiger partial charge in [0.05, 0.1) is 0 Å². The smallest absolute Gasteiger partial charge is 0.276 e. The number of rotatable bonds is 4. The van der Waals surface area contributed by atoms with Gasteiger partial charge >= 0.3 is 0 Å². The quantitative estimate of drug-likeness (QED) is 0.707. The highest BCUT2D eigenvalue weighted by Gasteiger charge is 2.11. The third-order valence-electron chi connectivity index (χ3n) is 3.53. The molecule has 3 aromatic carbocycles. The van der Waals surface area contributed by atoms with E-state index < -0.39 is 23.4 Å². The van der Waals surface area contributed by atoms with Crippen molar-refractivity contribution in [2.24, 2.45) is 0 Å². The number of benzene rings is 3. The third-order valence-corrected chi connectivity index (χ3v) is 3.53. The Labute approximate surface area is 147 Å². The number of nitrogens with one attached hydrogen (secondary N) is 2. The van der Waals surface area contributed by atoms with Crippen molar-refractivity contribution in [3.05, 3.63) is 77.9 Å². The summed E-state index contributed by atoms with van der Waals surface area (Å²) < 4.78 is 31.5. The zero-order chi connectivity index (χ0) is 18.5. The van der Waals surface area contributed by atoms with Crippen molar-refractivity contribution < 1.29 is 23.1 Å². The zero-order valence-corrected chi connectivity index (χ0v) is 13.5. The predicted octanol–water partition coefficient (Wildman–Crippen LogP) is 2.96. The molecule has 0 radical (unpaired) electrons. The van der Waals surface area contributed by atoms with Crippen molar-refractivity contribution in [1.29, 1.82) is 0 Å². The standard InChI is InChI=1S/C19H14F2N2O3/c20-15-7-14(8-16(21)10-15)19(25)23-22-18(24)11-26-17-6-5-12-3-1-2-4-13(12)9-17/h1-10H,11H2,(H,22,24)(H,23,25). The van der Waals surface area contributed by atoms with Crippen molar-refractivity contribution in [2.45, 2.75) is 0 Å². The largest absolute Gasteiger partial charge is 0.484 e. The van der Waals surface area contributed by atoms with Crippen LogP contribution < -0.4 is 15.6 Å². The van der Waals surface area contributed by atoms with Crippen LogP contribution in [-0.4, -0.2) is 18.4 Å². The number of hydrogen-bond donors (Lipinski definition) is 2. The van der Waals surface area contributed by atoms with Gasteiger partial charge in [-0.25, -0.2) is 8.78 Å². The summed E-state index contributed by atoms with van der Waals surface area (Å²) in [6.45, 7) is -0.337. The summed E-state index contributed by atoms with van der Waals surface area (Å²) in [7, 11) is 0. The number of hydrogen-bond acceptors (Lipinski definition) is 3. The van der Waals surface area contributed by atoms with Crippen LogP contribution in [0.25, 0.3) is 10.8 Å². The monoisotopic (exact) mass is 356 g/mol. The van der Waals surface area contributed by atoms with E-state index in [1.54, 1.807) is 12.1 Å². The van der Waals surface area contributed by atoms with Crippen LogP contribution in [0.1, 0.15) is 10.4 Å². The average Bonchev–Trinajstić information content (AvgIpc) is 2.63. The Morgan fingerprint density at radius 3 is 2.27 bits per heavy atom. The number of halogens is 2. The van der Waals surface area contributed by atoms with Crippen LogP contribution in [0.15, 0.2) is 60.7 Å². The molecule has 0 aromatic heterocycles. The Kier molecular flexibility index (Phi) is 5.07. The molecule has 3 aromatic rings. The number of fused-ring (bicyclic) bond motifs is 1. The maximum Gasteiger partial charge on any atom is 0.276 e. The fourth-order valence-corrected chi connectivity index (χ4v) is 2.33. The number of hydrazine groups is 1. The van der Waals surface area contributed by atoms with Crippen molar-refractivity contribution in [3.63, 3.8) is 0 Å². The van der Waals surface area contributed by atoms with E-state index in [-0.39, 0.29) is 12.2 Å². The Morgan fingerprint density at radius 2 is 1.54 bits per heavy atom. The Balaban J connectivity index is 1.52. The fraction of sp³-hybridized carbons (Fsp3) is 0.0526. The molecule has 0 heterocycles. The lowest BCUT2D eigenvalue weighted by Crippen LogP contribution is -2.43. The second-order valence-corrected chi connectivity index (χ2v) is 5.46. The van der Waals surface area contributed by atoms with E-state index in [2.05, 4.69) is 10.9 Å². The lowest BCUT2D eigenvalue weighted by atomic mass is 10.1. The van der Waals surface area contributed by atoms with Crippen LogP contribution in [0.5, 0.6) is 5.75 Å². The molecule has 132 valence electrons. The zero-order valence-electron chi connectivity index (χ0n) is 13.5. The fourth-order valence-electron chi connectivity index (χ4n) is 2.33. The molecule has 0 saturated heterocycles. The van der Waals surface area contributed by atoms with Gasteiger partial charge in [-0.3, -0.25) is 20.4 Å². The highest BCUT2D eigenvalue weighted by molar-refractivity contribution is 5.95. The predicted molar refractivity (Wildman–Crippen MR) is 91.4 cm³/mol. The molecule has 26 heavy (non-hydrogen) atoms. The number of ether oxygens (including phenoxy) is 1. The van der Waals surface area contributed by atoms with Crippen LogP contribution in [0, 0.1) is 11.6 Å². The maximum atomic E-state index is 13.1. The Hall–Kier alpha value is -3.48. The van der Waals surface area contributed by atoms with Crippen LogP contribution >= 0.6 is 0 Å². The average molecular weight is 356 g/mol. The first-order chi connectivity index (χ1) is 12.5. The molecule has 0 fully saturated rings. The molecule has 0 spiro atoms. The first kappa shape index (κ1) is 17.3. The van der Waals surface area contributed by atoms with Gasteiger partial charge in [0.15, 0.2) is 6.61 Å². The molecule has 0 saturated carbocycles. The van der Waals surface area contributed by atoms with Gasteiger partial charge in [-0.2, -0.15) is 0 Å². The summed E-state index contributed by atoms with van der Waals surface area (Å²) in [6, 6.07) is 15.4. The molecule has 5 nitrogen and oxygen atoms in total. The number of carbonyl (C=O) groups is 2. The number of carbonyl (C=O) groups excluding carboxylic acids is 2. The van der Waals surface area contributed by atoms with Gasteiger partial charge in [0.1, 0.15) is 17.4 Å². The van der Waals surface area contributed by atoms with E-state index >= 15 is 0 Å². The van der Waals surface area contributed by atoms with Gasteiger partial charge < -0.3 is 4.74 Å². The molecule has 2 N–H and O–H groups in total. The van der Waals surface area contributed by atoms with Gasteiger partial charge in [0.25, 0.3) is 11.8 Å². The lowest BCUT2D eigenvalue weighted by molar-refractivity contribution is -0.123. The molecule has 3 rings (SSSR count). The summed E-state index contributed by atoms with van der Waals surface area (Å²) in [6.07, 6.45) is 0. The van der Waals surface area contributed by atoms with Gasteiger partial charge in [-0.1, -0.05) is 30.3 Å². The van der Waals surface area contributed by atoms with Gasteiger partial charge in [0.2, 0.25) is 0 Å². The lowest BCUT2D eigenvalue weighted by Gasteiger charge is -2.09. The van der Waals surface area contributed by atoms with Crippen molar-refractivity contribution in [3.8, 4) is 5.75 Å². The minimum atomic E-state index is -0.888. The first-order valence-corrected chi connectivity index (χ1v) is 7.68. The van der Waals surface area contributed by atoms with E-state index in [1.165, 1.54) is 0 Å². The summed E-state index contributed by atoms with van der Waals surface area (Å²) in [5.74, 6) is -2.74. The van der Waals surface area contributed by atoms with E-state index in [9.17, 15) is 18.4 Å². The first-order valence-electron chi connectivity index (χ1n) is 7.68. The van der Waals surface area contributed by atoms with Crippen LogP contribution in [0.4, 0.5) is 8.78 Å². The second kappa shape index (κ2) is 7.60.